The first kappa shape index (κ1) is 11.4. The molecule has 0 aromatic heterocycles. The molecule has 1 saturated heterocycles. The highest BCUT2D eigenvalue weighted by Gasteiger charge is 2.38. The van der Waals surface area contributed by atoms with E-state index in [-0.39, 0.29) is 0 Å². The van der Waals surface area contributed by atoms with Gasteiger partial charge in [-0.1, -0.05) is 0 Å². The van der Waals surface area contributed by atoms with Crippen molar-refractivity contribution in [2.24, 2.45) is 5.92 Å². The zero-order valence-corrected chi connectivity index (χ0v) is 10.4. The molecule has 0 bridgehead atoms. The summed E-state index contributed by atoms with van der Waals surface area (Å²) in [5.41, 5.74) is 0. The van der Waals surface area contributed by atoms with E-state index in [9.17, 15) is 0 Å². The van der Waals surface area contributed by atoms with Gasteiger partial charge in [0.1, 0.15) is 0 Å². The van der Waals surface area contributed by atoms with Crippen LogP contribution in [0.2, 0.25) is 0 Å². The number of nitrogens with one attached hydrogen (secondary N) is 1. The molecule has 2 aliphatic rings. The van der Waals surface area contributed by atoms with Gasteiger partial charge < -0.3 is 15.1 Å². The van der Waals surface area contributed by atoms with Gasteiger partial charge in [0.2, 0.25) is 0 Å². The molecule has 0 amide bonds. The average Bonchev–Trinajstić information content (AvgIpc) is 3.00. The van der Waals surface area contributed by atoms with Crippen LogP contribution in [-0.4, -0.2) is 62.7 Å². The van der Waals surface area contributed by atoms with Crippen LogP contribution in [-0.2, 0) is 0 Å². The van der Waals surface area contributed by atoms with E-state index in [0.29, 0.717) is 12.1 Å². The van der Waals surface area contributed by atoms with Crippen molar-refractivity contribution in [3.63, 3.8) is 0 Å². The minimum absolute atomic E-state index is 0.704. The van der Waals surface area contributed by atoms with E-state index in [1.54, 1.807) is 0 Å². The molecule has 1 N–H and O–H groups in total. The number of hydrogen-bond acceptors (Lipinski definition) is 3. The van der Waals surface area contributed by atoms with Crippen LogP contribution in [0.25, 0.3) is 0 Å². The minimum Gasteiger partial charge on any atom is -0.315 e. The molecular formula is C12H25N3. The lowest BCUT2D eigenvalue weighted by Gasteiger charge is -2.34. The Hall–Kier alpha value is -0.120. The predicted molar refractivity (Wildman–Crippen MR) is 64.1 cm³/mol. The zero-order chi connectivity index (χ0) is 10.8. The van der Waals surface area contributed by atoms with Crippen LogP contribution in [0.15, 0.2) is 0 Å². The first-order valence-corrected chi connectivity index (χ1v) is 6.28. The van der Waals surface area contributed by atoms with E-state index < -0.39 is 0 Å². The summed E-state index contributed by atoms with van der Waals surface area (Å²) in [4.78, 5) is 5.05. The van der Waals surface area contributed by atoms with Crippen molar-refractivity contribution in [1.29, 1.82) is 0 Å². The number of hydrogen-bond donors (Lipinski definition) is 1. The maximum atomic E-state index is 3.54. The standard InChI is InChI=1S/C12H25N3/c1-13-12(10-5-6-10)11-9-14(2)7-4-8-15(11)3/h10-13H,4-9H2,1-3H3. The average molecular weight is 211 g/mol. The molecule has 0 aromatic rings. The SMILES string of the molecule is CNC(C1CC1)C1CN(C)CCCN1C. The molecule has 2 rings (SSSR count). The Morgan fingerprint density at radius 1 is 1.20 bits per heavy atom. The van der Waals surface area contributed by atoms with E-state index in [4.69, 9.17) is 0 Å². The topological polar surface area (TPSA) is 18.5 Å². The van der Waals surface area contributed by atoms with Gasteiger partial charge in [-0.25, -0.2) is 0 Å². The molecule has 0 aromatic carbocycles. The van der Waals surface area contributed by atoms with E-state index in [1.807, 2.05) is 0 Å². The number of likely N-dealkylation sites (N-methyl/N-ethyl adjacent to an activating group) is 3. The van der Waals surface area contributed by atoms with Gasteiger partial charge in [-0.05, 0) is 59.4 Å². The highest BCUT2D eigenvalue weighted by atomic mass is 15.2. The number of rotatable bonds is 3. The van der Waals surface area contributed by atoms with Gasteiger partial charge >= 0.3 is 0 Å². The molecule has 3 heteroatoms. The van der Waals surface area contributed by atoms with Crippen LogP contribution >= 0.6 is 0 Å². The van der Waals surface area contributed by atoms with Gasteiger partial charge in [-0.3, -0.25) is 0 Å². The minimum atomic E-state index is 0.704. The summed E-state index contributed by atoms with van der Waals surface area (Å²) >= 11 is 0. The lowest BCUT2D eigenvalue weighted by molar-refractivity contribution is 0.171. The third-order valence-electron chi connectivity index (χ3n) is 3.99. The summed E-state index contributed by atoms with van der Waals surface area (Å²) in [5.74, 6) is 0.939. The van der Waals surface area contributed by atoms with Gasteiger partial charge in [-0.2, -0.15) is 0 Å². The van der Waals surface area contributed by atoms with Gasteiger partial charge in [-0.15, -0.1) is 0 Å². The Balaban J connectivity index is 2.01. The smallest absolute Gasteiger partial charge is 0.0375 e. The molecule has 2 atom stereocenters. The molecule has 1 heterocycles. The Morgan fingerprint density at radius 3 is 2.53 bits per heavy atom. The van der Waals surface area contributed by atoms with Crippen molar-refractivity contribution in [1.82, 2.24) is 15.1 Å². The van der Waals surface area contributed by atoms with E-state index >= 15 is 0 Å². The second kappa shape index (κ2) is 4.81. The van der Waals surface area contributed by atoms with Crippen molar-refractivity contribution >= 4 is 0 Å². The molecule has 15 heavy (non-hydrogen) atoms. The molecule has 1 aliphatic heterocycles. The van der Waals surface area contributed by atoms with Crippen LogP contribution < -0.4 is 5.32 Å². The number of nitrogens with zero attached hydrogens (tertiary/aromatic N) is 2. The van der Waals surface area contributed by atoms with Crippen molar-refractivity contribution < 1.29 is 0 Å². The first-order valence-electron chi connectivity index (χ1n) is 6.28. The summed E-state index contributed by atoms with van der Waals surface area (Å²) in [6, 6.07) is 1.41. The summed E-state index contributed by atoms with van der Waals surface area (Å²) < 4.78 is 0. The second-order valence-corrected chi connectivity index (χ2v) is 5.32. The van der Waals surface area contributed by atoms with Gasteiger partial charge in [0.25, 0.3) is 0 Å². The lowest BCUT2D eigenvalue weighted by Crippen LogP contribution is -2.52. The van der Waals surface area contributed by atoms with Crippen LogP contribution in [0.1, 0.15) is 19.3 Å². The highest BCUT2D eigenvalue weighted by molar-refractivity contribution is 4.96. The molecule has 1 aliphatic carbocycles. The Morgan fingerprint density at radius 2 is 1.93 bits per heavy atom. The summed E-state index contributed by atoms with van der Waals surface area (Å²) in [6.07, 6.45) is 4.17. The summed E-state index contributed by atoms with van der Waals surface area (Å²) in [7, 11) is 6.67. The molecule has 2 unspecified atom stereocenters. The Kier molecular flexibility index (Phi) is 3.65. The van der Waals surface area contributed by atoms with Crippen molar-refractivity contribution in [3.05, 3.63) is 0 Å². The van der Waals surface area contributed by atoms with Crippen LogP contribution in [0.5, 0.6) is 0 Å². The highest BCUT2D eigenvalue weighted by Crippen LogP contribution is 2.35. The van der Waals surface area contributed by atoms with Crippen molar-refractivity contribution in [2.75, 3.05) is 40.8 Å². The van der Waals surface area contributed by atoms with Crippen LogP contribution in [0.4, 0.5) is 0 Å². The fourth-order valence-electron chi connectivity index (χ4n) is 2.89. The zero-order valence-electron chi connectivity index (χ0n) is 10.4. The molecule has 0 spiro atoms. The summed E-state index contributed by atoms with van der Waals surface area (Å²) in [5, 5.41) is 3.54. The van der Waals surface area contributed by atoms with Gasteiger partial charge in [0, 0.05) is 18.6 Å². The maximum Gasteiger partial charge on any atom is 0.0375 e. The maximum absolute atomic E-state index is 3.54. The third kappa shape index (κ3) is 2.71. The monoisotopic (exact) mass is 211 g/mol. The fraction of sp³-hybridized carbons (Fsp3) is 1.00. The lowest BCUT2D eigenvalue weighted by atomic mass is 10.0. The van der Waals surface area contributed by atoms with Gasteiger partial charge in [0.15, 0.2) is 0 Å². The normalized spacial score (nSPS) is 32.6. The molecule has 88 valence electrons. The van der Waals surface area contributed by atoms with Crippen LogP contribution in [0.3, 0.4) is 0 Å². The largest absolute Gasteiger partial charge is 0.315 e. The third-order valence-corrected chi connectivity index (χ3v) is 3.99. The molecule has 3 nitrogen and oxygen atoms in total. The quantitative estimate of drug-likeness (QED) is 0.738. The first-order chi connectivity index (χ1) is 7.22. The molecular weight excluding hydrogens is 186 g/mol. The predicted octanol–water partition coefficient (Wildman–Crippen LogP) is 0.620. The van der Waals surface area contributed by atoms with Crippen molar-refractivity contribution in [2.45, 2.75) is 31.3 Å². The molecule has 2 fully saturated rings. The van der Waals surface area contributed by atoms with Crippen molar-refractivity contribution in [3.8, 4) is 0 Å². The van der Waals surface area contributed by atoms with E-state index in [2.05, 4.69) is 36.3 Å². The second-order valence-electron chi connectivity index (χ2n) is 5.32. The summed E-state index contributed by atoms with van der Waals surface area (Å²) in [6.45, 7) is 3.72. The molecule has 1 saturated carbocycles. The Labute approximate surface area is 93.8 Å². The fourth-order valence-corrected chi connectivity index (χ4v) is 2.89. The molecule has 0 radical (unpaired) electrons. The Bertz CT molecular complexity index is 203. The van der Waals surface area contributed by atoms with E-state index in [1.165, 1.54) is 38.9 Å². The van der Waals surface area contributed by atoms with Crippen LogP contribution in [0, 0.1) is 5.92 Å². The van der Waals surface area contributed by atoms with Gasteiger partial charge in [0.05, 0.1) is 0 Å². The van der Waals surface area contributed by atoms with E-state index in [0.717, 1.165) is 5.92 Å².